The third-order valence-electron chi connectivity index (χ3n) is 2.39. The number of thiophene rings is 1. The van der Waals surface area contributed by atoms with Gasteiger partial charge < -0.3 is 9.84 Å². The Labute approximate surface area is 118 Å². The molecule has 0 spiro atoms. The fraction of sp³-hybridized carbons (Fsp3) is 0.231. The van der Waals surface area contributed by atoms with Gasteiger partial charge in [-0.25, -0.2) is 0 Å². The first kappa shape index (κ1) is 12.9. The first-order chi connectivity index (χ1) is 8.20. The highest BCUT2D eigenvalue weighted by atomic mass is 127. The lowest BCUT2D eigenvalue weighted by Gasteiger charge is -2.11. The second-order valence-corrected chi connectivity index (χ2v) is 6.40. The van der Waals surface area contributed by atoms with Crippen molar-refractivity contribution < 1.29 is 9.84 Å². The summed E-state index contributed by atoms with van der Waals surface area (Å²) in [5.41, 5.74) is 1.80. The second kappa shape index (κ2) is 5.84. The smallest absolute Gasteiger partial charge is 0.119 e. The number of aliphatic hydroxyl groups excluding tert-OH is 1. The van der Waals surface area contributed by atoms with Crippen LogP contribution in [0.25, 0.3) is 0 Å². The van der Waals surface area contributed by atoms with Gasteiger partial charge in [0.2, 0.25) is 0 Å². The van der Waals surface area contributed by atoms with Crippen molar-refractivity contribution >= 4 is 33.9 Å². The standard InChI is InChI=1S/C13H13IO2S/c1-2-16-11-5-3-4-9(6-11)13(15)10-7-12(14)17-8-10/h3-8,13,15H,2H2,1H3. The minimum atomic E-state index is -0.574. The fourth-order valence-electron chi connectivity index (χ4n) is 1.60. The monoisotopic (exact) mass is 360 g/mol. The van der Waals surface area contributed by atoms with Crippen molar-refractivity contribution in [2.45, 2.75) is 13.0 Å². The number of benzene rings is 1. The molecule has 17 heavy (non-hydrogen) atoms. The molecule has 0 amide bonds. The molecule has 1 atom stereocenters. The zero-order valence-electron chi connectivity index (χ0n) is 9.39. The van der Waals surface area contributed by atoms with Gasteiger partial charge in [0, 0.05) is 0 Å². The first-order valence-electron chi connectivity index (χ1n) is 5.35. The number of hydrogen-bond donors (Lipinski definition) is 1. The highest BCUT2D eigenvalue weighted by Crippen LogP contribution is 2.28. The fourth-order valence-corrected chi connectivity index (χ4v) is 2.99. The van der Waals surface area contributed by atoms with Gasteiger partial charge in [-0.15, -0.1) is 11.3 Å². The maximum absolute atomic E-state index is 10.2. The summed E-state index contributed by atoms with van der Waals surface area (Å²) >= 11 is 3.89. The average molecular weight is 360 g/mol. The second-order valence-electron chi connectivity index (χ2n) is 3.59. The van der Waals surface area contributed by atoms with Crippen LogP contribution in [-0.4, -0.2) is 11.7 Å². The van der Waals surface area contributed by atoms with E-state index in [4.69, 9.17) is 4.74 Å². The summed E-state index contributed by atoms with van der Waals surface area (Å²) in [6.45, 7) is 2.58. The lowest BCUT2D eigenvalue weighted by Crippen LogP contribution is -1.99. The van der Waals surface area contributed by atoms with E-state index < -0.39 is 6.10 Å². The Hall–Kier alpha value is -0.590. The zero-order valence-corrected chi connectivity index (χ0v) is 12.4. The summed E-state index contributed by atoms with van der Waals surface area (Å²) in [5, 5.41) is 12.2. The van der Waals surface area contributed by atoms with Crippen LogP contribution in [0.3, 0.4) is 0 Å². The first-order valence-corrected chi connectivity index (χ1v) is 7.31. The van der Waals surface area contributed by atoms with Crippen molar-refractivity contribution in [3.05, 3.63) is 49.7 Å². The van der Waals surface area contributed by atoms with Crippen LogP contribution in [0.2, 0.25) is 0 Å². The molecule has 0 radical (unpaired) electrons. The molecular weight excluding hydrogens is 347 g/mol. The molecule has 1 N–H and O–H groups in total. The van der Waals surface area contributed by atoms with Gasteiger partial charge in [0.25, 0.3) is 0 Å². The Morgan fingerprint density at radius 2 is 2.18 bits per heavy atom. The lowest BCUT2D eigenvalue weighted by molar-refractivity contribution is 0.220. The Kier molecular flexibility index (Phi) is 4.42. The van der Waals surface area contributed by atoms with Crippen molar-refractivity contribution in [2.24, 2.45) is 0 Å². The molecule has 4 heteroatoms. The molecule has 1 aromatic carbocycles. The topological polar surface area (TPSA) is 29.5 Å². The van der Waals surface area contributed by atoms with Gasteiger partial charge >= 0.3 is 0 Å². The molecule has 0 saturated carbocycles. The molecule has 2 nitrogen and oxygen atoms in total. The van der Waals surface area contributed by atoms with Gasteiger partial charge in [0.15, 0.2) is 0 Å². The van der Waals surface area contributed by atoms with E-state index in [2.05, 4.69) is 22.6 Å². The van der Waals surface area contributed by atoms with Crippen LogP contribution in [0, 0.1) is 2.88 Å². The maximum atomic E-state index is 10.2. The third-order valence-corrected chi connectivity index (χ3v) is 4.20. The molecule has 0 saturated heterocycles. The van der Waals surface area contributed by atoms with Gasteiger partial charge in [0.05, 0.1) is 9.49 Å². The predicted molar refractivity (Wildman–Crippen MR) is 78.7 cm³/mol. The van der Waals surface area contributed by atoms with Crippen LogP contribution >= 0.6 is 33.9 Å². The Balaban J connectivity index is 2.24. The molecule has 0 aliphatic heterocycles. The van der Waals surface area contributed by atoms with E-state index in [0.717, 1.165) is 16.9 Å². The summed E-state index contributed by atoms with van der Waals surface area (Å²) in [7, 11) is 0. The molecule has 0 aliphatic carbocycles. The highest BCUT2D eigenvalue weighted by Gasteiger charge is 2.12. The summed E-state index contributed by atoms with van der Waals surface area (Å²) in [5.74, 6) is 0.800. The molecule has 1 aromatic heterocycles. The molecule has 2 rings (SSSR count). The van der Waals surface area contributed by atoms with Crippen LogP contribution in [0.15, 0.2) is 35.7 Å². The van der Waals surface area contributed by atoms with Crippen molar-refractivity contribution in [1.82, 2.24) is 0 Å². The summed E-state index contributed by atoms with van der Waals surface area (Å²) in [6.07, 6.45) is -0.574. The van der Waals surface area contributed by atoms with E-state index in [1.54, 1.807) is 11.3 Å². The quantitative estimate of drug-likeness (QED) is 0.840. The largest absolute Gasteiger partial charge is 0.494 e. The number of rotatable bonds is 4. The van der Waals surface area contributed by atoms with Gasteiger partial charge in [-0.2, -0.15) is 0 Å². The normalized spacial score (nSPS) is 12.4. The minimum absolute atomic E-state index is 0.574. The summed E-state index contributed by atoms with van der Waals surface area (Å²) in [4.78, 5) is 0. The van der Waals surface area contributed by atoms with E-state index >= 15 is 0 Å². The van der Waals surface area contributed by atoms with E-state index in [1.165, 1.54) is 2.88 Å². The molecule has 1 unspecified atom stereocenters. The number of ether oxygens (including phenoxy) is 1. The maximum Gasteiger partial charge on any atom is 0.119 e. The molecule has 1 heterocycles. The van der Waals surface area contributed by atoms with E-state index in [1.807, 2.05) is 42.6 Å². The number of halogens is 1. The number of aliphatic hydroxyl groups is 1. The third kappa shape index (κ3) is 3.20. The summed E-state index contributed by atoms with van der Waals surface area (Å²) in [6, 6.07) is 9.61. The Morgan fingerprint density at radius 3 is 2.82 bits per heavy atom. The van der Waals surface area contributed by atoms with E-state index in [0.29, 0.717) is 6.61 Å². The van der Waals surface area contributed by atoms with E-state index in [-0.39, 0.29) is 0 Å². The predicted octanol–water partition coefficient (Wildman–Crippen LogP) is 3.83. The van der Waals surface area contributed by atoms with Crippen LogP contribution in [0.1, 0.15) is 24.2 Å². The van der Waals surface area contributed by atoms with Gasteiger partial charge in [-0.3, -0.25) is 0 Å². The van der Waals surface area contributed by atoms with E-state index in [9.17, 15) is 5.11 Å². The van der Waals surface area contributed by atoms with Crippen LogP contribution in [0.4, 0.5) is 0 Å². The van der Waals surface area contributed by atoms with Crippen LogP contribution < -0.4 is 4.74 Å². The summed E-state index contributed by atoms with van der Waals surface area (Å²) < 4.78 is 6.61. The van der Waals surface area contributed by atoms with Crippen molar-refractivity contribution in [1.29, 1.82) is 0 Å². The minimum Gasteiger partial charge on any atom is -0.494 e. The van der Waals surface area contributed by atoms with Crippen LogP contribution in [-0.2, 0) is 0 Å². The van der Waals surface area contributed by atoms with Crippen LogP contribution in [0.5, 0.6) is 5.75 Å². The molecule has 0 fully saturated rings. The zero-order chi connectivity index (χ0) is 12.3. The highest BCUT2D eigenvalue weighted by molar-refractivity contribution is 14.1. The molecule has 0 aliphatic rings. The molecule has 90 valence electrons. The number of hydrogen-bond acceptors (Lipinski definition) is 3. The molecular formula is C13H13IO2S. The average Bonchev–Trinajstić information content (AvgIpc) is 2.76. The Morgan fingerprint density at radius 1 is 1.35 bits per heavy atom. The molecule has 2 aromatic rings. The van der Waals surface area contributed by atoms with Gasteiger partial charge in [0.1, 0.15) is 11.9 Å². The van der Waals surface area contributed by atoms with Gasteiger partial charge in [-0.05, 0) is 64.2 Å². The Bertz CT molecular complexity index is 496. The molecule has 0 bridgehead atoms. The SMILES string of the molecule is CCOc1cccc(C(O)c2csc(I)c2)c1. The van der Waals surface area contributed by atoms with Crippen molar-refractivity contribution in [3.63, 3.8) is 0 Å². The van der Waals surface area contributed by atoms with Crippen molar-refractivity contribution in [2.75, 3.05) is 6.61 Å². The lowest BCUT2D eigenvalue weighted by atomic mass is 10.0. The van der Waals surface area contributed by atoms with Crippen molar-refractivity contribution in [3.8, 4) is 5.75 Å². The van der Waals surface area contributed by atoms with Gasteiger partial charge in [-0.1, -0.05) is 12.1 Å².